The van der Waals surface area contributed by atoms with Crippen molar-refractivity contribution < 1.29 is 9.59 Å². The molecular weight excluding hydrogens is 276 g/mol. The number of amides is 2. The minimum Gasteiger partial charge on any atom is -0.352 e. The van der Waals surface area contributed by atoms with Gasteiger partial charge in [0.25, 0.3) is 5.91 Å². The summed E-state index contributed by atoms with van der Waals surface area (Å²) < 4.78 is 0. The molecule has 0 radical (unpaired) electrons. The SMILES string of the molecule is CC(C)NC(=O)[C@@H](NC(=O)c1ccccc1)c1ccccc1. The number of benzene rings is 2. The molecule has 4 heteroatoms. The monoisotopic (exact) mass is 296 g/mol. The summed E-state index contributed by atoms with van der Waals surface area (Å²) in [5.41, 5.74) is 1.28. The molecule has 1 atom stereocenters. The molecule has 2 amide bonds. The molecule has 0 unspecified atom stereocenters. The van der Waals surface area contributed by atoms with Crippen LogP contribution >= 0.6 is 0 Å². The van der Waals surface area contributed by atoms with Crippen molar-refractivity contribution in [3.63, 3.8) is 0 Å². The molecule has 0 saturated heterocycles. The summed E-state index contributed by atoms with van der Waals surface area (Å²) in [6.45, 7) is 3.78. The van der Waals surface area contributed by atoms with Crippen molar-refractivity contribution in [3.05, 3.63) is 71.8 Å². The average molecular weight is 296 g/mol. The van der Waals surface area contributed by atoms with E-state index in [0.29, 0.717) is 5.56 Å². The van der Waals surface area contributed by atoms with Gasteiger partial charge in [-0.25, -0.2) is 0 Å². The quantitative estimate of drug-likeness (QED) is 0.891. The molecule has 0 spiro atoms. The highest BCUT2D eigenvalue weighted by Gasteiger charge is 2.23. The maximum Gasteiger partial charge on any atom is 0.252 e. The molecule has 0 bridgehead atoms. The molecule has 4 nitrogen and oxygen atoms in total. The fourth-order valence-corrected chi connectivity index (χ4v) is 2.12. The number of nitrogens with one attached hydrogen (secondary N) is 2. The van der Waals surface area contributed by atoms with E-state index in [0.717, 1.165) is 5.56 Å². The Morgan fingerprint density at radius 1 is 0.818 bits per heavy atom. The second-order valence-electron chi connectivity index (χ2n) is 5.35. The smallest absolute Gasteiger partial charge is 0.252 e. The van der Waals surface area contributed by atoms with Gasteiger partial charge in [0, 0.05) is 11.6 Å². The molecule has 0 aliphatic carbocycles. The molecule has 2 rings (SSSR count). The first-order chi connectivity index (χ1) is 10.6. The summed E-state index contributed by atoms with van der Waals surface area (Å²) in [4.78, 5) is 24.7. The van der Waals surface area contributed by atoms with Crippen LogP contribution in [0.4, 0.5) is 0 Å². The Labute approximate surface area is 130 Å². The zero-order valence-corrected chi connectivity index (χ0v) is 12.7. The molecule has 0 saturated carbocycles. The van der Waals surface area contributed by atoms with Crippen molar-refractivity contribution in [2.75, 3.05) is 0 Å². The summed E-state index contributed by atoms with van der Waals surface area (Å²) in [6, 6.07) is 17.4. The molecule has 0 aliphatic rings. The van der Waals surface area contributed by atoms with Gasteiger partial charge < -0.3 is 10.6 Å². The number of carbonyl (C=O) groups is 2. The Balaban J connectivity index is 2.21. The van der Waals surface area contributed by atoms with Gasteiger partial charge in [0.1, 0.15) is 6.04 Å². The summed E-state index contributed by atoms with van der Waals surface area (Å²) in [7, 11) is 0. The minimum absolute atomic E-state index is 0.00680. The van der Waals surface area contributed by atoms with Crippen LogP contribution in [0.5, 0.6) is 0 Å². The summed E-state index contributed by atoms with van der Waals surface area (Å²) in [6.07, 6.45) is 0. The highest BCUT2D eigenvalue weighted by Crippen LogP contribution is 2.14. The molecule has 2 N–H and O–H groups in total. The van der Waals surface area contributed by atoms with Crippen LogP contribution < -0.4 is 10.6 Å². The van der Waals surface area contributed by atoms with E-state index in [-0.39, 0.29) is 17.9 Å². The molecule has 114 valence electrons. The zero-order chi connectivity index (χ0) is 15.9. The first-order valence-electron chi connectivity index (χ1n) is 7.29. The van der Waals surface area contributed by atoms with E-state index in [1.54, 1.807) is 24.3 Å². The van der Waals surface area contributed by atoms with Crippen LogP contribution in [0.2, 0.25) is 0 Å². The van der Waals surface area contributed by atoms with Gasteiger partial charge in [-0.15, -0.1) is 0 Å². The lowest BCUT2D eigenvalue weighted by Gasteiger charge is -2.20. The lowest BCUT2D eigenvalue weighted by Crippen LogP contribution is -2.42. The normalized spacial score (nSPS) is 11.8. The number of rotatable bonds is 5. The van der Waals surface area contributed by atoms with Crippen molar-refractivity contribution in [1.29, 1.82) is 0 Å². The zero-order valence-electron chi connectivity index (χ0n) is 12.7. The second-order valence-corrected chi connectivity index (χ2v) is 5.35. The minimum atomic E-state index is -0.712. The van der Waals surface area contributed by atoms with E-state index >= 15 is 0 Å². The second kappa shape index (κ2) is 7.41. The standard InChI is InChI=1S/C18H20N2O2/c1-13(2)19-18(22)16(14-9-5-3-6-10-14)20-17(21)15-11-7-4-8-12-15/h3-13,16H,1-2H3,(H,19,22)(H,20,21)/t16-/m0/s1. The summed E-state index contributed by atoms with van der Waals surface area (Å²) in [5.74, 6) is -0.487. The van der Waals surface area contributed by atoms with E-state index in [1.165, 1.54) is 0 Å². The molecular formula is C18H20N2O2. The van der Waals surface area contributed by atoms with Gasteiger partial charge in [0.2, 0.25) is 5.91 Å². The predicted octanol–water partition coefficient (Wildman–Crippen LogP) is 2.68. The molecule has 2 aromatic carbocycles. The molecule has 0 fully saturated rings. The Hall–Kier alpha value is -2.62. The Morgan fingerprint density at radius 2 is 1.36 bits per heavy atom. The largest absolute Gasteiger partial charge is 0.352 e. The van der Waals surface area contributed by atoms with Gasteiger partial charge in [-0.2, -0.15) is 0 Å². The van der Waals surface area contributed by atoms with Crippen LogP contribution in [-0.4, -0.2) is 17.9 Å². The van der Waals surface area contributed by atoms with Crippen molar-refractivity contribution in [2.45, 2.75) is 25.9 Å². The van der Waals surface area contributed by atoms with Crippen LogP contribution in [-0.2, 0) is 4.79 Å². The van der Waals surface area contributed by atoms with Crippen LogP contribution in [0.3, 0.4) is 0 Å². The van der Waals surface area contributed by atoms with Crippen LogP contribution in [0, 0.1) is 0 Å². The van der Waals surface area contributed by atoms with Crippen molar-refractivity contribution in [3.8, 4) is 0 Å². The fraction of sp³-hybridized carbons (Fsp3) is 0.222. The first-order valence-corrected chi connectivity index (χ1v) is 7.29. The Bertz CT molecular complexity index is 624. The van der Waals surface area contributed by atoms with Gasteiger partial charge in [0.05, 0.1) is 0 Å². The highest BCUT2D eigenvalue weighted by atomic mass is 16.2. The first kappa shape index (κ1) is 15.8. The van der Waals surface area contributed by atoms with Crippen LogP contribution in [0.1, 0.15) is 35.8 Å². The van der Waals surface area contributed by atoms with Crippen LogP contribution in [0.25, 0.3) is 0 Å². The third-order valence-electron chi connectivity index (χ3n) is 3.14. The number of hydrogen-bond acceptors (Lipinski definition) is 2. The van der Waals surface area contributed by atoms with E-state index in [2.05, 4.69) is 10.6 Å². The van der Waals surface area contributed by atoms with E-state index in [1.807, 2.05) is 50.2 Å². The van der Waals surface area contributed by atoms with Crippen molar-refractivity contribution in [1.82, 2.24) is 10.6 Å². The number of carbonyl (C=O) groups excluding carboxylic acids is 2. The topological polar surface area (TPSA) is 58.2 Å². The molecule has 0 heterocycles. The maximum absolute atomic E-state index is 12.4. The van der Waals surface area contributed by atoms with Gasteiger partial charge in [0.15, 0.2) is 0 Å². The molecule has 2 aromatic rings. The van der Waals surface area contributed by atoms with Crippen molar-refractivity contribution in [2.24, 2.45) is 0 Å². The molecule has 22 heavy (non-hydrogen) atoms. The van der Waals surface area contributed by atoms with Gasteiger partial charge in [-0.05, 0) is 31.5 Å². The van der Waals surface area contributed by atoms with Gasteiger partial charge in [-0.1, -0.05) is 48.5 Å². The van der Waals surface area contributed by atoms with E-state index in [4.69, 9.17) is 0 Å². The van der Waals surface area contributed by atoms with E-state index < -0.39 is 6.04 Å². The molecule has 0 aliphatic heterocycles. The number of hydrogen-bond donors (Lipinski definition) is 2. The highest BCUT2D eigenvalue weighted by molar-refractivity contribution is 5.97. The maximum atomic E-state index is 12.4. The summed E-state index contributed by atoms with van der Waals surface area (Å²) in [5, 5.41) is 5.65. The summed E-state index contributed by atoms with van der Waals surface area (Å²) >= 11 is 0. The average Bonchev–Trinajstić information content (AvgIpc) is 2.53. The van der Waals surface area contributed by atoms with Crippen LogP contribution in [0.15, 0.2) is 60.7 Å². The molecule has 0 aromatic heterocycles. The fourth-order valence-electron chi connectivity index (χ4n) is 2.12. The Kier molecular flexibility index (Phi) is 5.31. The van der Waals surface area contributed by atoms with Gasteiger partial charge >= 0.3 is 0 Å². The van der Waals surface area contributed by atoms with E-state index in [9.17, 15) is 9.59 Å². The predicted molar refractivity (Wildman–Crippen MR) is 86.4 cm³/mol. The van der Waals surface area contributed by atoms with Gasteiger partial charge in [-0.3, -0.25) is 9.59 Å². The third kappa shape index (κ3) is 4.19. The van der Waals surface area contributed by atoms with Crippen molar-refractivity contribution >= 4 is 11.8 Å². The third-order valence-corrected chi connectivity index (χ3v) is 3.14. The lowest BCUT2D eigenvalue weighted by atomic mass is 10.0. The Morgan fingerprint density at radius 3 is 1.91 bits per heavy atom. The lowest BCUT2D eigenvalue weighted by molar-refractivity contribution is -0.123.